The van der Waals surface area contributed by atoms with E-state index >= 15 is 0 Å². The first-order chi connectivity index (χ1) is 17.8. The van der Waals surface area contributed by atoms with Crippen molar-refractivity contribution in [2.45, 2.75) is 31.8 Å². The van der Waals surface area contributed by atoms with Gasteiger partial charge in [0.25, 0.3) is 0 Å². The summed E-state index contributed by atoms with van der Waals surface area (Å²) in [6.07, 6.45) is 1.18. The zero-order valence-electron chi connectivity index (χ0n) is 20.9. The summed E-state index contributed by atoms with van der Waals surface area (Å²) in [4.78, 5) is 16.9. The molecule has 5 rings (SSSR count). The van der Waals surface area contributed by atoms with E-state index in [1.54, 1.807) is 12.3 Å². The Bertz CT molecular complexity index is 1430. The lowest BCUT2D eigenvalue weighted by molar-refractivity contribution is 0.189. The quantitative estimate of drug-likeness (QED) is 0.178. The number of hydrogen-bond donors (Lipinski definition) is 1. The summed E-state index contributed by atoms with van der Waals surface area (Å²) < 4.78 is 8.32. The molecule has 0 aliphatic heterocycles. The van der Waals surface area contributed by atoms with E-state index < -0.39 is 17.2 Å². The molecule has 0 fully saturated rings. The van der Waals surface area contributed by atoms with Crippen LogP contribution in [0.2, 0.25) is 0 Å². The van der Waals surface area contributed by atoms with Crippen molar-refractivity contribution >= 4 is 39.6 Å². The Morgan fingerprint density at radius 1 is 0.838 bits per heavy atom. The van der Waals surface area contributed by atoms with Gasteiger partial charge in [-0.05, 0) is 60.1 Å². The van der Waals surface area contributed by atoms with Gasteiger partial charge in [-0.3, -0.25) is 0 Å². The summed E-state index contributed by atoms with van der Waals surface area (Å²) in [5, 5.41) is 8.73. The average Bonchev–Trinajstić information content (AvgIpc) is 3.21. The fourth-order valence-corrected chi connectivity index (χ4v) is 5.25. The fraction of sp³-hybridized carbons (Fsp3) is 0.167. The number of rotatable bonds is 5. The van der Waals surface area contributed by atoms with E-state index in [0.29, 0.717) is 0 Å². The summed E-state index contributed by atoms with van der Waals surface area (Å²) in [5.41, 5.74) is 2.85. The number of carbonyl (C=O) groups excluding carboxylic acids is 1. The molecule has 6 nitrogen and oxygen atoms in total. The lowest BCUT2D eigenvalue weighted by atomic mass is 9.77. The molecule has 1 amide bonds. The topological polar surface area (TPSA) is 69.0 Å². The van der Waals surface area contributed by atoms with E-state index in [4.69, 9.17) is 9.84 Å². The number of benzene rings is 3. The van der Waals surface area contributed by atoms with E-state index in [-0.39, 0.29) is 5.88 Å². The van der Waals surface area contributed by atoms with Crippen molar-refractivity contribution in [3.05, 3.63) is 124 Å². The lowest BCUT2D eigenvalue weighted by Gasteiger charge is -2.36. The monoisotopic (exact) mass is 602 g/mol. The van der Waals surface area contributed by atoms with Gasteiger partial charge >= 0.3 is 6.09 Å². The van der Waals surface area contributed by atoms with Gasteiger partial charge in [-0.2, -0.15) is 5.10 Å². The molecule has 5 aromatic rings. The number of nitrogens with zero attached hydrogens (tertiary/aromatic N) is 3. The third-order valence-electron chi connectivity index (χ3n) is 6.06. The summed E-state index contributed by atoms with van der Waals surface area (Å²) in [5.74, 6) is 0.219. The molecule has 1 N–H and O–H groups in total. The number of fused-ring (bicyclic) bond motifs is 1. The van der Waals surface area contributed by atoms with Crippen molar-refractivity contribution < 1.29 is 9.53 Å². The van der Waals surface area contributed by atoms with Crippen LogP contribution in [-0.4, -0.2) is 26.4 Å². The highest BCUT2D eigenvalue weighted by Crippen LogP contribution is 2.43. The third kappa shape index (κ3) is 4.83. The number of carbonyl (C=O) groups is 1. The van der Waals surface area contributed by atoms with Gasteiger partial charge in [-0.15, -0.1) is 0 Å². The first-order valence-corrected chi connectivity index (χ1v) is 13.1. The number of pyridine rings is 1. The SMILES string of the molecule is CC(C)(C)NC(=O)Oc1cc2c(I)nn(C(c3ccccc3)(c3ccccc3)c3ccccc3)c2cn1. The zero-order valence-corrected chi connectivity index (χ0v) is 23.0. The number of amides is 1. The van der Waals surface area contributed by atoms with Crippen molar-refractivity contribution in [3.63, 3.8) is 0 Å². The smallest absolute Gasteiger partial charge is 0.391 e. The van der Waals surface area contributed by atoms with Gasteiger partial charge in [-0.1, -0.05) is 91.0 Å². The van der Waals surface area contributed by atoms with Crippen LogP contribution in [0.15, 0.2) is 103 Å². The Kier molecular flexibility index (Phi) is 6.72. The molecule has 2 heterocycles. The second kappa shape index (κ2) is 9.97. The van der Waals surface area contributed by atoms with Gasteiger partial charge in [-0.25, -0.2) is 14.5 Å². The minimum atomic E-state index is -0.765. The number of ether oxygens (including phenoxy) is 1. The number of hydrogen-bond acceptors (Lipinski definition) is 4. The van der Waals surface area contributed by atoms with Crippen LogP contribution in [-0.2, 0) is 5.54 Å². The Morgan fingerprint density at radius 3 is 1.78 bits per heavy atom. The van der Waals surface area contributed by atoms with Gasteiger partial charge in [0.15, 0.2) is 0 Å². The molecule has 7 heteroatoms. The van der Waals surface area contributed by atoms with Crippen LogP contribution in [0.25, 0.3) is 10.9 Å². The summed E-state index contributed by atoms with van der Waals surface area (Å²) in [6, 6.07) is 32.9. The van der Waals surface area contributed by atoms with Gasteiger partial charge in [0, 0.05) is 17.0 Å². The second-order valence-corrected chi connectivity index (χ2v) is 10.8. The minimum absolute atomic E-state index is 0.219. The molecule has 0 saturated heterocycles. The molecule has 0 saturated carbocycles. The lowest BCUT2D eigenvalue weighted by Crippen LogP contribution is -2.42. The van der Waals surface area contributed by atoms with E-state index in [9.17, 15) is 4.79 Å². The van der Waals surface area contributed by atoms with Crippen LogP contribution in [0, 0.1) is 3.70 Å². The van der Waals surface area contributed by atoms with Crippen molar-refractivity contribution in [1.82, 2.24) is 20.1 Å². The highest BCUT2D eigenvalue weighted by molar-refractivity contribution is 14.1. The predicted molar refractivity (Wildman–Crippen MR) is 154 cm³/mol. The highest BCUT2D eigenvalue weighted by Gasteiger charge is 2.40. The van der Waals surface area contributed by atoms with E-state index in [1.165, 1.54) is 0 Å². The first-order valence-electron chi connectivity index (χ1n) is 12.0. The molecule has 0 atom stereocenters. The molecule has 0 aliphatic rings. The van der Waals surface area contributed by atoms with Crippen LogP contribution in [0.4, 0.5) is 4.79 Å². The van der Waals surface area contributed by atoms with E-state index in [2.05, 4.69) is 69.3 Å². The molecule has 186 valence electrons. The summed E-state index contributed by atoms with van der Waals surface area (Å²) in [6.45, 7) is 5.69. The average molecular weight is 602 g/mol. The molecule has 0 aliphatic carbocycles. The molecular formula is C30H27IN4O2. The molecule has 0 bridgehead atoms. The van der Waals surface area contributed by atoms with Crippen molar-refractivity contribution in [2.24, 2.45) is 0 Å². The van der Waals surface area contributed by atoms with Crippen molar-refractivity contribution in [1.29, 1.82) is 0 Å². The zero-order chi connectivity index (χ0) is 26.0. The first kappa shape index (κ1) is 25.0. The standard InChI is InChI=1S/C30H27IN4O2/c1-29(2,3)33-28(36)37-26-19-24-25(20-32-26)35(34-27(24)31)30(21-13-7-4-8-14-21,22-15-9-5-10-16-22)23-17-11-6-12-18-23/h4-20H,1-3H3,(H,33,36). The van der Waals surface area contributed by atoms with E-state index in [0.717, 1.165) is 31.3 Å². The molecule has 2 aromatic heterocycles. The van der Waals surface area contributed by atoms with Gasteiger partial charge in [0.2, 0.25) is 5.88 Å². The molecule has 0 radical (unpaired) electrons. The predicted octanol–water partition coefficient (Wildman–Crippen LogP) is 6.76. The Hall–Kier alpha value is -3.72. The number of halogens is 1. The van der Waals surface area contributed by atoms with Gasteiger partial charge in [0.05, 0.1) is 11.7 Å². The Morgan fingerprint density at radius 2 is 1.32 bits per heavy atom. The summed E-state index contributed by atoms with van der Waals surface area (Å²) in [7, 11) is 0. The van der Waals surface area contributed by atoms with Crippen LogP contribution in [0.3, 0.4) is 0 Å². The third-order valence-corrected chi connectivity index (χ3v) is 6.86. The Labute approximate surface area is 229 Å². The maximum absolute atomic E-state index is 12.4. The fourth-order valence-electron chi connectivity index (χ4n) is 4.60. The maximum atomic E-state index is 12.4. The minimum Gasteiger partial charge on any atom is -0.391 e. The normalized spacial score (nSPS) is 11.9. The van der Waals surface area contributed by atoms with E-state index in [1.807, 2.05) is 80.1 Å². The molecule has 0 spiro atoms. The van der Waals surface area contributed by atoms with Crippen LogP contribution in [0.1, 0.15) is 37.5 Å². The van der Waals surface area contributed by atoms with Crippen LogP contribution in [0.5, 0.6) is 5.88 Å². The van der Waals surface area contributed by atoms with Gasteiger partial charge in [0.1, 0.15) is 9.24 Å². The highest BCUT2D eigenvalue weighted by atomic mass is 127. The molecule has 0 unspecified atom stereocenters. The van der Waals surface area contributed by atoms with Crippen molar-refractivity contribution in [2.75, 3.05) is 0 Å². The second-order valence-electron chi connectivity index (χ2n) is 9.82. The number of aromatic nitrogens is 3. The van der Waals surface area contributed by atoms with Crippen LogP contribution < -0.4 is 10.1 Å². The summed E-state index contributed by atoms with van der Waals surface area (Å²) >= 11 is 2.23. The molecule has 37 heavy (non-hydrogen) atoms. The molecular weight excluding hydrogens is 575 g/mol. The van der Waals surface area contributed by atoms with Crippen molar-refractivity contribution in [3.8, 4) is 5.88 Å². The number of nitrogens with one attached hydrogen (secondary N) is 1. The van der Waals surface area contributed by atoms with Gasteiger partial charge < -0.3 is 10.1 Å². The largest absolute Gasteiger partial charge is 0.414 e. The Balaban J connectivity index is 1.75. The van der Waals surface area contributed by atoms with Crippen LogP contribution >= 0.6 is 22.6 Å². The maximum Gasteiger partial charge on any atom is 0.414 e. The molecule has 3 aromatic carbocycles.